The molecule has 0 aliphatic carbocycles. The van der Waals surface area contributed by atoms with Crippen LogP contribution in [0.4, 0.5) is 0 Å². The lowest BCUT2D eigenvalue weighted by Gasteiger charge is -2.14. The van der Waals surface area contributed by atoms with Crippen molar-refractivity contribution < 1.29 is 4.79 Å². The monoisotopic (exact) mass is 234 g/mol. The van der Waals surface area contributed by atoms with Gasteiger partial charge in [-0.25, -0.2) is 0 Å². The predicted molar refractivity (Wildman–Crippen MR) is 70.9 cm³/mol. The zero-order valence-electron chi connectivity index (χ0n) is 10.7. The van der Waals surface area contributed by atoms with E-state index in [2.05, 4.69) is 22.8 Å². The summed E-state index contributed by atoms with van der Waals surface area (Å²) in [5.74, 6) is 0.0763. The summed E-state index contributed by atoms with van der Waals surface area (Å²) in [6.07, 6.45) is 1.98. The molecule has 0 fully saturated rings. The molecule has 1 aromatic carbocycles. The van der Waals surface area contributed by atoms with Crippen molar-refractivity contribution in [1.82, 2.24) is 10.6 Å². The molecule has 1 aromatic rings. The number of hydrogen-bond acceptors (Lipinski definition) is 2. The van der Waals surface area contributed by atoms with Crippen LogP contribution in [0.2, 0.25) is 0 Å². The summed E-state index contributed by atoms with van der Waals surface area (Å²) in [6.45, 7) is 5.27. The fraction of sp³-hybridized carbons (Fsp3) is 0.500. The molecule has 3 nitrogen and oxygen atoms in total. The number of hydrogen-bond donors (Lipinski definition) is 2. The lowest BCUT2D eigenvalue weighted by molar-refractivity contribution is -0.120. The van der Waals surface area contributed by atoms with Crippen molar-refractivity contribution >= 4 is 5.91 Å². The van der Waals surface area contributed by atoms with Crippen molar-refractivity contribution in [2.75, 3.05) is 13.1 Å². The molecule has 3 heteroatoms. The van der Waals surface area contributed by atoms with Crippen LogP contribution in [-0.4, -0.2) is 25.0 Å². The molecular formula is C14H22N2O. The van der Waals surface area contributed by atoms with Gasteiger partial charge in [-0.1, -0.05) is 37.3 Å². The summed E-state index contributed by atoms with van der Waals surface area (Å²) < 4.78 is 0. The third kappa shape index (κ3) is 6.07. The Bertz CT molecular complexity index is 324. The third-order valence-electron chi connectivity index (χ3n) is 2.65. The number of aryl methyl sites for hydroxylation is 1. The number of carbonyl (C=O) groups is 1. The summed E-state index contributed by atoms with van der Waals surface area (Å²) in [5, 5.41) is 6.00. The fourth-order valence-electron chi connectivity index (χ4n) is 1.66. The molecule has 0 bridgehead atoms. The summed E-state index contributed by atoms with van der Waals surface area (Å²) in [5.41, 5.74) is 1.32. The Morgan fingerprint density at radius 1 is 1.29 bits per heavy atom. The molecule has 0 saturated carbocycles. The molecule has 0 aromatic heterocycles. The quantitative estimate of drug-likeness (QED) is 0.754. The van der Waals surface area contributed by atoms with Gasteiger partial charge in [-0.3, -0.25) is 4.79 Å². The summed E-state index contributed by atoms with van der Waals surface area (Å²) in [4.78, 5) is 11.5. The molecule has 0 saturated heterocycles. The maximum absolute atomic E-state index is 11.5. The Labute approximate surface area is 104 Å². The first kappa shape index (κ1) is 13.7. The van der Waals surface area contributed by atoms with Crippen LogP contribution in [0.1, 0.15) is 25.8 Å². The van der Waals surface area contributed by atoms with Gasteiger partial charge in [0.2, 0.25) is 5.91 Å². The Hall–Kier alpha value is -1.35. The van der Waals surface area contributed by atoms with E-state index >= 15 is 0 Å². The average molecular weight is 234 g/mol. The second-order valence-corrected chi connectivity index (χ2v) is 4.27. The van der Waals surface area contributed by atoms with Crippen molar-refractivity contribution in [2.24, 2.45) is 0 Å². The second-order valence-electron chi connectivity index (χ2n) is 4.27. The minimum absolute atomic E-state index is 0.0763. The van der Waals surface area contributed by atoms with Gasteiger partial charge in [0.15, 0.2) is 0 Å². The van der Waals surface area contributed by atoms with Gasteiger partial charge in [0.1, 0.15) is 0 Å². The minimum atomic E-state index is 0.0763. The molecule has 17 heavy (non-hydrogen) atoms. The van der Waals surface area contributed by atoms with E-state index in [-0.39, 0.29) is 11.9 Å². The summed E-state index contributed by atoms with van der Waals surface area (Å²) in [7, 11) is 0. The van der Waals surface area contributed by atoms with Gasteiger partial charge in [0.05, 0.1) is 6.54 Å². The van der Waals surface area contributed by atoms with Crippen molar-refractivity contribution in [2.45, 2.75) is 32.7 Å². The topological polar surface area (TPSA) is 41.1 Å². The van der Waals surface area contributed by atoms with Crippen molar-refractivity contribution in [1.29, 1.82) is 0 Å². The molecule has 0 aliphatic rings. The first-order chi connectivity index (χ1) is 8.22. The van der Waals surface area contributed by atoms with E-state index in [0.29, 0.717) is 6.54 Å². The van der Waals surface area contributed by atoms with Crippen LogP contribution in [0, 0.1) is 0 Å². The molecule has 1 atom stereocenters. The molecule has 1 amide bonds. The standard InChI is InChI=1S/C14H22N2O/c1-3-15-11-14(17)16-12(2)9-10-13-7-5-4-6-8-13/h4-8,12,15H,3,9-11H2,1-2H3,(H,16,17). The number of rotatable bonds is 7. The predicted octanol–water partition coefficient (Wildman–Crippen LogP) is 1.73. The maximum Gasteiger partial charge on any atom is 0.234 e. The Balaban J connectivity index is 2.21. The molecule has 94 valence electrons. The van der Waals surface area contributed by atoms with Crippen molar-refractivity contribution in [3.05, 3.63) is 35.9 Å². The second kappa shape index (κ2) is 7.85. The lowest BCUT2D eigenvalue weighted by atomic mass is 10.1. The van der Waals surface area contributed by atoms with Crippen LogP contribution in [0.15, 0.2) is 30.3 Å². The normalized spacial score (nSPS) is 12.1. The molecule has 0 radical (unpaired) electrons. The van der Waals surface area contributed by atoms with Gasteiger partial charge in [-0.05, 0) is 31.9 Å². The largest absolute Gasteiger partial charge is 0.353 e. The first-order valence-corrected chi connectivity index (χ1v) is 6.26. The van der Waals surface area contributed by atoms with E-state index in [1.807, 2.05) is 32.0 Å². The van der Waals surface area contributed by atoms with Gasteiger partial charge < -0.3 is 10.6 Å². The summed E-state index contributed by atoms with van der Waals surface area (Å²) in [6, 6.07) is 10.6. The highest BCUT2D eigenvalue weighted by Crippen LogP contribution is 2.04. The van der Waals surface area contributed by atoms with Crippen LogP contribution in [0.3, 0.4) is 0 Å². The Morgan fingerprint density at radius 2 is 2.00 bits per heavy atom. The van der Waals surface area contributed by atoms with Crippen LogP contribution in [-0.2, 0) is 11.2 Å². The Kier molecular flexibility index (Phi) is 6.33. The number of carbonyl (C=O) groups excluding carboxylic acids is 1. The van der Waals surface area contributed by atoms with Crippen LogP contribution in [0.5, 0.6) is 0 Å². The molecule has 1 unspecified atom stereocenters. The van der Waals surface area contributed by atoms with Crippen molar-refractivity contribution in [3.8, 4) is 0 Å². The first-order valence-electron chi connectivity index (χ1n) is 6.26. The van der Waals surface area contributed by atoms with E-state index in [9.17, 15) is 4.79 Å². The van der Waals surface area contributed by atoms with E-state index in [4.69, 9.17) is 0 Å². The number of likely N-dealkylation sites (N-methyl/N-ethyl adjacent to an activating group) is 1. The fourth-order valence-corrected chi connectivity index (χ4v) is 1.66. The molecule has 0 heterocycles. The maximum atomic E-state index is 11.5. The smallest absolute Gasteiger partial charge is 0.234 e. The van der Waals surface area contributed by atoms with E-state index in [0.717, 1.165) is 19.4 Å². The highest BCUT2D eigenvalue weighted by atomic mass is 16.1. The van der Waals surface area contributed by atoms with Gasteiger partial charge in [0, 0.05) is 6.04 Å². The van der Waals surface area contributed by atoms with Gasteiger partial charge in [-0.15, -0.1) is 0 Å². The van der Waals surface area contributed by atoms with Crippen molar-refractivity contribution in [3.63, 3.8) is 0 Å². The lowest BCUT2D eigenvalue weighted by Crippen LogP contribution is -2.39. The molecular weight excluding hydrogens is 212 g/mol. The highest BCUT2D eigenvalue weighted by molar-refractivity contribution is 5.78. The van der Waals surface area contributed by atoms with E-state index < -0.39 is 0 Å². The van der Waals surface area contributed by atoms with Gasteiger partial charge in [-0.2, -0.15) is 0 Å². The van der Waals surface area contributed by atoms with E-state index in [1.165, 1.54) is 5.56 Å². The molecule has 0 aliphatic heterocycles. The third-order valence-corrected chi connectivity index (χ3v) is 2.65. The average Bonchev–Trinajstić information content (AvgIpc) is 2.35. The number of nitrogens with one attached hydrogen (secondary N) is 2. The minimum Gasteiger partial charge on any atom is -0.353 e. The SMILES string of the molecule is CCNCC(=O)NC(C)CCc1ccccc1. The molecule has 2 N–H and O–H groups in total. The molecule has 1 rings (SSSR count). The Morgan fingerprint density at radius 3 is 2.65 bits per heavy atom. The molecule has 0 spiro atoms. The van der Waals surface area contributed by atoms with E-state index in [1.54, 1.807) is 0 Å². The van der Waals surface area contributed by atoms with Gasteiger partial charge in [0.25, 0.3) is 0 Å². The van der Waals surface area contributed by atoms with Gasteiger partial charge >= 0.3 is 0 Å². The van der Waals surface area contributed by atoms with Crippen LogP contribution in [0.25, 0.3) is 0 Å². The number of benzene rings is 1. The van der Waals surface area contributed by atoms with Crippen LogP contribution >= 0.6 is 0 Å². The summed E-state index contributed by atoms with van der Waals surface area (Å²) >= 11 is 0. The number of amides is 1. The zero-order valence-corrected chi connectivity index (χ0v) is 10.7. The van der Waals surface area contributed by atoms with Crippen LogP contribution < -0.4 is 10.6 Å². The zero-order chi connectivity index (χ0) is 12.5. The highest BCUT2D eigenvalue weighted by Gasteiger charge is 2.06.